The van der Waals surface area contributed by atoms with Crippen molar-refractivity contribution in [2.75, 3.05) is 31.2 Å². The van der Waals surface area contributed by atoms with E-state index in [0.29, 0.717) is 0 Å². The molecule has 1 saturated heterocycles. The maximum Gasteiger partial charge on any atom is 0.0719 e. The lowest BCUT2D eigenvalue weighted by molar-refractivity contribution is 0.122. The molecule has 5 heteroatoms. The number of aromatic nitrogens is 1. The van der Waals surface area contributed by atoms with Gasteiger partial charge in [-0.1, -0.05) is 11.6 Å². The summed E-state index contributed by atoms with van der Waals surface area (Å²) in [5.41, 5.74) is 2.09. The highest BCUT2D eigenvalue weighted by Crippen LogP contribution is 2.32. The SMILES string of the molecule is Clc1c(Br)cnc2ccc(N3CCOCC3)cc12. The normalized spacial score (nSPS) is 16.2. The van der Waals surface area contributed by atoms with Gasteiger partial charge in [0.25, 0.3) is 0 Å². The molecule has 0 radical (unpaired) electrons. The highest BCUT2D eigenvalue weighted by Gasteiger charge is 2.13. The van der Waals surface area contributed by atoms with Crippen LogP contribution < -0.4 is 4.90 Å². The van der Waals surface area contributed by atoms with E-state index in [2.05, 4.69) is 37.9 Å². The molecule has 1 aromatic heterocycles. The minimum Gasteiger partial charge on any atom is -0.378 e. The van der Waals surface area contributed by atoms with Gasteiger partial charge in [-0.3, -0.25) is 4.98 Å². The van der Waals surface area contributed by atoms with Gasteiger partial charge in [0.15, 0.2) is 0 Å². The second-order valence-electron chi connectivity index (χ2n) is 4.22. The molecule has 0 unspecified atom stereocenters. The van der Waals surface area contributed by atoms with Crippen LogP contribution in [0.15, 0.2) is 28.9 Å². The van der Waals surface area contributed by atoms with Crippen LogP contribution in [-0.4, -0.2) is 31.3 Å². The summed E-state index contributed by atoms with van der Waals surface area (Å²) in [7, 11) is 0. The van der Waals surface area contributed by atoms with Crippen molar-refractivity contribution < 1.29 is 4.74 Å². The molecular formula is C13H12BrClN2O. The van der Waals surface area contributed by atoms with Gasteiger partial charge in [-0.2, -0.15) is 0 Å². The number of ether oxygens (including phenoxy) is 1. The van der Waals surface area contributed by atoms with Gasteiger partial charge >= 0.3 is 0 Å². The molecule has 94 valence electrons. The van der Waals surface area contributed by atoms with Crippen LogP contribution in [0.1, 0.15) is 0 Å². The molecule has 1 aliphatic heterocycles. The number of anilines is 1. The molecule has 3 nitrogen and oxygen atoms in total. The third kappa shape index (κ3) is 2.20. The molecule has 0 amide bonds. The maximum absolute atomic E-state index is 6.31. The van der Waals surface area contributed by atoms with Crippen molar-refractivity contribution in [1.82, 2.24) is 4.98 Å². The minimum absolute atomic E-state index is 0.718. The summed E-state index contributed by atoms with van der Waals surface area (Å²) in [6.07, 6.45) is 1.74. The van der Waals surface area contributed by atoms with Crippen molar-refractivity contribution in [3.63, 3.8) is 0 Å². The molecule has 1 aliphatic rings. The average molecular weight is 328 g/mol. The molecular weight excluding hydrogens is 316 g/mol. The van der Waals surface area contributed by atoms with E-state index in [1.54, 1.807) is 6.20 Å². The standard InChI is InChI=1S/C13H12BrClN2O/c14-11-8-16-12-2-1-9(7-10(12)13(11)15)17-3-5-18-6-4-17/h1-2,7-8H,3-6H2. The van der Waals surface area contributed by atoms with Crippen LogP contribution in [0.25, 0.3) is 10.9 Å². The molecule has 0 bridgehead atoms. The third-order valence-electron chi connectivity index (χ3n) is 3.12. The second kappa shape index (κ2) is 5.03. The Balaban J connectivity index is 2.06. The molecule has 0 N–H and O–H groups in total. The van der Waals surface area contributed by atoms with E-state index in [9.17, 15) is 0 Å². The van der Waals surface area contributed by atoms with Crippen LogP contribution >= 0.6 is 27.5 Å². The van der Waals surface area contributed by atoms with Crippen molar-refractivity contribution in [1.29, 1.82) is 0 Å². The van der Waals surface area contributed by atoms with Gasteiger partial charge in [0.05, 0.1) is 28.2 Å². The molecule has 0 aliphatic carbocycles. The summed E-state index contributed by atoms with van der Waals surface area (Å²) in [6, 6.07) is 6.20. The summed E-state index contributed by atoms with van der Waals surface area (Å²) in [5.74, 6) is 0. The van der Waals surface area contributed by atoms with Crippen LogP contribution in [0, 0.1) is 0 Å². The van der Waals surface area contributed by atoms with E-state index < -0.39 is 0 Å². The van der Waals surface area contributed by atoms with E-state index in [-0.39, 0.29) is 0 Å². The Kier molecular flexibility index (Phi) is 3.41. The zero-order valence-electron chi connectivity index (χ0n) is 9.70. The minimum atomic E-state index is 0.718. The number of hydrogen-bond donors (Lipinski definition) is 0. The maximum atomic E-state index is 6.31. The molecule has 0 atom stereocenters. The van der Waals surface area contributed by atoms with E-state index >= 15 is 0 Å². The van der Waals surface area contributed by atoms with Crippen LogP contribution in [0.3, 0.4) is 0 Å². The van der Waals surface area contributed by atoms with Crippen LogP contribution in [0.4, 0.5) is 5.69 Å². The molecule has 3 rings (SSSR count). The number of fused-ring (bicyclic) bond motifs is 1. The Labute approximate surface area is 119 Å². The predicted molar refractivity (Wildman–Crippen MR) is 77.5 cm³/mol. The Morgan fingerprint density at radius 2 is 2.06 bits per heavy atom. The van der Waals surface area contributed by atoms with E-state index in [0.717, 1.165) is 46.7 Å². The van der Waals surface area contributed by atoms with Crippen molar-refractivity contribution in [3.05, 3.63) is 33.9 Å². The van der Waals surface area contributed by atoms with Gasteiger partial charge in [-0.25, -0.2) is 0 Å². The van der Waals surface area contributed by atoms with Gasteiger partial charge in [0.2, 0.25) is 0 Å². The summed E-state index contributed by atoms with van der Waals surface area (Å²) in [6.45, 7) is 3.40. The number of rotatable bonds is 1. The summed E-state index contributed by atoms with van der Waals surface area (Å²) in [5, 5.41) is 1.70. The lowest BCUT2D eigenvalue weighted by Crippen LogP contribution is -2.36. The predicted octanol–water partition coefficient (Wildman–Crippen LogP) is 3.49. The molecule has 2 heterocycles. The first-order valence-corrected chi connectivity index (χ1v) is 6.99. The Morgan fingerprint density at radius 3 is 2.83 bits per heavy atom. The molecule has 18 heavy (non-hydrogen) atoms. The largest absolute Gasteiger partial charge is 0.378 e. The van der Waals surface area contributed by atoms with Crippen LogP contribution in [0.5, 0.6) is 0 Å². The lowest BCUT2D eigenvalue weighted by Gasteiger charge is -2.29. The first-order valence-electron chi connectivity index (χ1n) is 5.82. The molecule has 2 aromatic rings. The fourth-order valence-electron chi connectivity index (χ4n) is 2.14. The van der Waals surface area contributed by atoms with Crippen LogP contribution in [-0.2, 0) is 4.74 Å². The molecule has 0 spiro atoms. The smallest absolute Gasteiger partial charge is 0.0719 e. The quantitative estimate of drug-likeness (QED) is 0.802. The highest BCUT2D eigenvalue weighted by molar-refractivity contribution is 9.10. The van der Waals surface area contributed by atoms with E-state index in [4.69, 9.17) is 16.3 Å². The van der Waals surface area contributed by atoms with Crippen molar-refractivity contribution in [2.45, 2.75) is 0 Å². The fraction of sp³-hybridized carbons (Fsp3) is 0.308. The van der Waals surface area contributed by atoms with E-state index in [1.165, 1.54) is 5.69 Å². The van der Waals surface area contributed by atoms with Crippen molar-refractivity contribution in [2.24, 2.45) is 0 Å². The molecule has 0 saturated carbocycles. The van der Waals surface area contributed by atoms with Crippen LogP contribution in [0.2, 0.25) is 5.02 Å². The highest BCUT2D eigenvalue weighted by atomic mass is 79.9. The number of hydrogen-bond acceptors (Lipinski definition) is 3. The number of nitrogens with zero attached hydrogens (tertiary/aromatic N) is 2. The summed E-state index contributed by atoms with van der Waals surface area (Å²) >= 11 is 9.72. The number of pyridine rings is 1. The zero-order chi connectivity index (χ0) is 12.5. The Morgan fingerprint density at radius 1 is 1.28 bits per heavy atom. The lowest BCUT2D eigenvalue weighted by atomic mass is 10.2. The summed E-state index contributed by atoms with van der Waals surface area (Å²) < 4.78 is 6.19. The monoisotopic (exact) mass is 326 g/mol. The first-order chi connectivity index (χ1) is 8.75. The van der Waals surface area contributed by atoms with E-state index in [1.807, 2.05) is 6.07 Å². The second-order valence-corrected chi connectivity index (χ2v) is 5.45. The molecule has 1 aromatic carbocycles. The van der Waals surface area contributed by atoms with Gasteiger partial charge in [-0.15, -0.1) is 0 Å². The average Bonchev–Trinajstić information content (AvgIpc) is 2.44. The van der Waals surface area contributed by atoms with Crippen molar-refractivity contribution in [3.8, 4) is 0 Å². The van der Waals surface area contributed by atoms with Gasteiger partial charge in [0, 0.05) is 30.4 Å². The van der Waals surface area contributed by atoms with Crippen molar-refractivity contribution >= 4 is 44.1 Å². The zero-order valence-corrected chi connectivity index (χ0v) is 12.0. The number of benzene rings is 1. The fourth-order valence-corrected chi connectivity index (χ4v) is 2.66. The topological polar surface area (TPSA) is 25.4 Å². The van der Waals surface area contributed by atoms with Gasteiger partial charge in [-0.05, 0) is 34.1 Å². The summed E-state index contributed by atoms with van der Waals surface area (Å²) in [4.78, 5) is 6.66. The van der Waals surface area contributed by atoms with Gasteiger partial charge < -0.3 is 9.64 Å². The number of morpholine rings is 1. The van der Waals surface area contributed by atoms with Gasteiger partial charge in [0.1, 0.15) is 0 Å². The third-order valence-corrected chi connectivity index (χ3v) is 4.36. The first kappa shape index (κ1) is 12.2. The molecule has 1 fully saturated rings. The Bertz CT molecular complexity index is 584. The Hall–Kier alpha value is -0.840. The number of halogens is 2.